The number of nitrogens with one attached hydrogen (secondary N) is 1. The lowest BCUT2D eigenvalue weighted by Crippen LogP contribution is -2.33. The van der Waals surface area contributed by atoms with Crippen LogP contribution in [0.1, 0.15) is 41.8 Å². The third kappa shape index (κ3) is 3.99. The average Bonchev–Trinajstić information content (AvgIpc) is 3.10. The third-order valence-corrected chi connectivity index (χ3v) is 4.96. The SMILES string of the molecule is C/C(=N/OCC(=O)NC1CCCc2ccccc21)c1cccs1. The van der Waals surface area contributed by atoms with E-state index in [1.165, 1.54) is 11.1 Å². The number of carbonyl (C=O) groups excluding carboxylic acids is 1. The van der Waals surface area contributed by atoms with E-state index in [4.69, 9.17) is 4.84 Å². The van der Waals surface area contributed by atoms with E-state index in [2.05, 4.69) is 22.6 Å². The third-order valence-electron chi connectivity index (χ3n) is 3.98. The van der Waals surface area contributed by atoms with Crippen LogP contribution >= 0.6 is 11.3 Å². The molecule has 23 heavy (non-hydrogen) atoms. The Balaban J connectivity index is 1.53. The minimum Gasteiger partial charge on any atom is -0.385 e. The Morgan fingerprint density at radius 2 is 2.22 bits per heavy atom. The van der Waals surface area contributed by atoms with Gasteiger partial charge in [0.05, 0.1) is 16.6 Å². The Kier molecular flexibility index (Phi) is 5.08. The number of carbonyl (C=O) groups is 1. The molecule has 1 aromatic carbocycles. The summed E-state index contributed by atoms with van der Waals surface area (Å²) in [5, 5.41) is 9.05. The number of hydrogen-bond donors (Lipinski definition) is 1. The van der Waals surface area contributed by atoms with E-state index in [0.717, 1.165) is 29.9 Å². The fourth-order valence-corrected chi connectivity index (χ4v) is 3.53. The van der Waals surface area contributed by atoms with E-state index in [-0.39, 0.29) is 18.6 Å². The van der Waals surface area contributed by atoms with E-state index < -0.39 is 0 Å². The Bertz CT molecular complexity index is 695. The number of amides is 1. The van der Waals surface area contributed by atoms with Gasteiger partial charge in [-0.2, -0.15) is 0 Å². The lowest BCUT2D eigenvalue weighted by Gasteiger charge is -2.26. The molecule has 0 saturated heterocycles. The van der Waals surface area contributed by atoms with Crippen LogP contribution in [0.2, 0.25) is 0 Å². The van der Waals surface area contributed by atoms with Gasteiger partial charge in [0.1, 0.15) is 0 Å². The molecule has 0 radical (unpaired) electrons. The molecule has 1 amide bonds. The number of nitrogens with zero attached hydrogens (tertiary/aromatic N) is 1. The molecule has 0 saturated carbocycles. The Morgan fingerprint density at radius 3 is 3.04 bits per heavy atom. The zero-order valence-corrected chi connectivity index (χ0v) is 13.9. The van der Waals surface area contributed by atoms with Gasteiger partial charge in [-0.25, -0.2) is 0 Å². The maximum Gasteiger partial charge on any atom is 0.261 e. The van der Waals surface area contributed by atoms with Crippen molar-refractivity contribution in [3.63, 3.8) is 0 Å². The van der Waals surface area contributed by atoms with Crippen molar-refractivity contribution in [1.82, 2.24) is 5.32 Å². The van der Waals surface area contributed by atoms with Crippen LogP contribution in [-0.2, 0) is 16.1 Å². The van der Waals surface area contributed by atoms with Crippen LogP contribution in [0.3, 0.4) is 0 Å². The van der Waals surface area contributed by atoms with Gasteiger partial charge in [-0.05, 0) is 48.8 Å². The predicted octanol–water partition coefficient (Wildman–Crippen LogP) is 3.68. The molecule has 1 N–H and O–H groups in total. The van der Waals surface area contributed by atoms with Crippen LogP contribution in [0, 0.1) is 0 Å². The number of thiophene rings is 1. The number of benzene rings is 1. The highest BCUT2D eigenvalue weighted by molar-refractivity contribution is 7.12. The quantitative estimate of drug-likeness (QED) is 0.672. The van der Waals surface area contributed by atoms with Crippen molar-refractivity contribution in [2.24, 2.45) is 5.16 Å². The van der Waals surface area contributed by atoms with Crippen LogP contribution in [0.4, 0.5) is 0 Å². The van der Waals surface area contributed by atoms with Gasteiger partial charge in [-0.3, -0.25) is 4.79 Å². The summed E-state index contributed by atoms with van der Waals surface area (Å²) < 4.78 is 0. The summed E-state index contributed by atoms with van der Waals surface area (Å²) in [4.78, 5) is 18.3. The Labute approximate surface area is 140 Å². The average molecular weight is 328 g/mol. The van der Waals surface area contributed by atoms with Gasteiger partial charge in [0, 0.05) is 0 Å². The fraction of sp³-hybridized carbons (Fsp3) is 0.333. The minimum absolute atomic E-state index is 0.0542. The van der Waals surface area contributed by atoms with Gasteiger partial charge < -0.3 is 10.2 Å². The van der Waals surface area contributed by atoms with E-state index in [9.17, 15) is 4.79 Å². The van der Waals surface area contributed by atoms with Crippen LogP contribution in [0.15, 0.2) is 46.9 Å². The highest BCUT2D eigenvalue weighted by Gasteiger charge is 2.21. The fourth-order valence-electron chi connectivity index (χ4n) is 2.86. The molecule has 120 valence electrons. The summed E-state index contributed by atoms with van der Waals surface area (Å²) in [7, 11) is 0. The smallest absolute Gasteiger partial charge is 0.261 e. The lowest BCUT2D eigenvalue weighted by atomic mass is 9.88. The first-order chi connectivity index (χ1) is 11.2. The predicted molar refractivity (Wildman–Crippen MR) is 92.7 cm³/mol. The Morgan fingerprint density at radius 1 is 1.35 bits per heavy atom. The molecule has 1 unspecified atom stereocenters. The van der Waals surface area contributed by atoms with Crippen molar-refractivity contribution in [2.75, 3.05) is 6.61 Å². The molecule has 0 bridgehead atoms. The summed E-state index contributed by atoms with van der Waals surface area (Å²) in [5.41, 5.74) is 3.35. The number of fused-ring (bicyclic) bond motifs is 1. The molecule has 3 rings (SSSR count). The molecule has 4 nitrogen and oxygen atoms in total. The van der Waals surface area contributed by atoms with Gasteiger partial charge in [0.15, 0.2) is 6.61 Å². The topological polar surface area (TPSA) is 50.7 Å². The monoisotopic (exact) mass is 328 g/mol. The molecule has 0 aliphatic heterocycles. The van der Waals surface area contributed by atoms with E-state index in [0.29, 0.717) is 0 Å². The van der Waals surface area contributed by atoms with Gasteiger partial charge in [-0.15, -0.1) is 11.3 Å². The molecule has 5 heteroatoms. The largest absolute Gasteiger partial charge is 0.385 e. The van der Waals surface area contributed by atoms with E-state index in [1.807, 2.05) is 36.6 Å². The highest BCUT2D eigenvalue weighted by atomic mass is 32.1. The Hall–Kier alpha value is -2.14. The van der Waals surface area contributed by atoms with Crippen molar-refractivity contribution in [3.05, 3.63) is 57.8 Å². The lowest BCUT2D eigenvalue weighted by molar-refractivity contribution is -0.126. The first kappa shape index (κ1) is 15.7. The second kappa shape index (κ2) is 7.42. The normalized spacial score (nSPS) is 17.4. The van der Waals surface area contributed by atoms with Crippen LogP contribution in [0.5, 0.6) is 0 Å². The molecule has 1 atom stereocenters. The molecule has 1 aliphatic rings. The summed E-state index contributed by atoms with van der Waals surface area (Å²) in [6.45, 7) is 1.82. The van der Waals surface area contributed by atoms with Crippen LogP contribution < -0.4 is 5.32 Å². The van der Waals surface area contributed by atoms with Gasteiger partial charge in [0.25, 0.3) is 5.91 Å². The minimum atomic E-state index is -0.130. The summed E-state index contributed by atoms with van der Waals surface area (Å²) >= 11 is 1.60. The maximum absolute atomic E-state index is 12.1. The van der Waals surface area contributed by atoms with Crippen molar-refractivity contribution in [2.45, 2.75) is 32.2 Å². The first-order valence-corrected chi connectivity index (χ1v) is 8.69. The second-order valence-corrected chi connectivity index (χ2v) is 6.59. The summed E-state index contributed by atoms with van der Waals surface area (Å²) in [6.07, 6.45) is 3.15. The number of hydrogen-bond acceptors (Lipinski definition) is 4. The van der Waals surface area contributed by atoms with Gasteiger partial charge in [-0.1, -0.05) is 35.5 Å². The zero-order chi connectivity index (χ0) is 16.1. The van der Waals surface area contributed by atoms with Crippen molar-refractivity contribution < 1.29 is 9.63 Å². The molecular weight excluding hydrogens is 308 g/mol. The van der Waals surface area contributed by atoms with E-state index in [1.54, 1.807) is 11.3 Å². The number of oxime groups is 1. The summed E-state index contributed by atoms with van der Waals surface area (Å²) in [5.74, 6) is -0.130. The molecule has 0 fully saturated rings. The molecule has 1 heterocycles. The number of rotatable bonds is 5. The molecule has 1 aliphatic carbocycles. The van der Waals surface area contributed by atoms with Crippen LogP contribution in [-0.4, -0.2) is 18.2 Å². The van der Waals surface area contributed by atoms with Crippen molar-refractivity contribution in [1.29, 1.82) is 0 Å². The second-order valence-electron chi connectivity index (χ2n) is 5.64. The van der Waals surface area contributed by atoms with Gasteiger partial charge in [0.2, 0.25) is 0 Å². The van der Waals surface area contributed by atoms with Crippen LogP contribution in [0.25, 0.3) is 0 Å². The maximum atomic E-state index is 12.1. The zero-order valence-electron chi connectivity index (χ0n) is 13.1. The number of aryl methyl sites for hydroxylation is 1. The molecule has 0 spiro atoms. The van der Waals surface area contributed by atoms with Crippen molar-refractivity contribution in [3.8, 4) is 0 Å². The highest BCUT2D eigenvalue weighted by Crippen LogP contribution is 2.29. The van der Waals surface area contributed by atoms with Crippen molar-refractivity contribution >= 4 is 23.0 Å². The van der Waals surface area contributed by atoms with Gasteiger partial charge >= 0.3 is 0 Å². The van der Waals surface area contributed by atoms with E-state index >= 15 is 0 Å². The molecule has 2 aromatic rings. The standard InChI is InChI=1S/C18H20N2O2S/c1-13(17-10-5-11-23-17)20-22-12-18(21)19-16-9-4-7-14-6-2-3-8-15(14)16/h2-3,5-6,8,10-11,16H,4,7,9,12H2,1H3,(H,19,21)/b20-13-. The first-order valence-electron chi connectivity index (χ1n) is 7.81. The molecular formula is C18H20N2O2S. The molecule has 1 aromatic heterocycles. The summed E-state index contributed by atoms with van der Waals surface area (Å²) in [6, 6.07) is 12.3.